The van der Waals surface area contributed by atoms with E-state index in [-0.39, 0.29) is 136 Å². The monoisotopic (exact) mass is 974 g/mol. The molecule has 0 saturated carbocycles. The molecule has 0 spiro atoms. The van der Waals surface area contributed by atoms with Gasteiger partial charge < -0.3 is 90.2 Å². The average molecular weight is 972 g/mol. The molecule has 1 aliphatic rings. The molecule has 1 aliphatic heterocycles. The number of pyridine rings is 2. The predicted molar refractivity (Wildman–Crippen MR) is 203 cm³/mol. The van der Waals surface area contributed by atoms with Gasteiger partial charge in [-0.3, -0.25) is 9.97 Å². The van der Waals surface area contributed by atoms with Crippen LogP contribution in [0.1, 0.15) is 70.7 Å². The topological polar surface area (TPSA) is 39.9 Å². The van der Waals surface area contributed by atoms with Crippen molar-refractivity contribution in [3.8, 4) is 0 Å². The second-order valence-electron chi connectivity index (χ2n) is 6.25. The quantitative estimate of drug-likeness (QED) is 0.221. The van der Waals surface area contributed by atoms with E-state index in [1.165, 1.54) is 0 Å². The number of rotatable bonds is 5. The Bertz CT molecular complexity index is 770. The number of aromatic nitrogens is 2. The van der Waals surface area contributed by atoms with Gasteiger partial charge in [-0.25, -0.2) is 18.7 Å². The summed E-state index contributed by atoms with van der Waals surface area (Å²) >= 11 is 0. The minimum atomic E-state index is 0. The van der Waals surface area contributed by atoms with Gasteiger partial charge in [0, 0.05) is 55.5 Å². The van der Waals surface area contributed by atoms with E-state index in [1.807, 2.05) is 96.2 Å². The summed E-state index contributed by atoms with van der Waals surface area (Å²) in [6, 6.07) is 11.9. The maximum atomic E-state index is 4.28. The minimum Gasteiger partial charge on any atom is 0 e. The summed E-state index contributed by atoms with van der Waals surface area (Å²) in [4.78, 5) is 8.57. The van der Waals surface area contributed by atoms with Gasteiger partial charge >= 0.3 is 58.4 Å². The zero-order chi connectivity index (χ0) is 28.2. The number of hydrogen-bond donors (Lipinski definition) is 0. The van der Waals surface area contributed by atoms with E-state index in [1.54, 1.807) is 6.08 Å². The summed E-state index contributed by atoms with van der Waals surface area (Å²) in [6.07, 6.45) is 11.3. The van der Waals surface area contributed by atoms with Crippen LogP contribution in [0.25, 0.3) is 5.32 Å². The molecule has 271 valence electrons. The van der Waals surface area contributed by atoms with Crippen molar-refractivity contribution in [3.05, 3.63) is 186 Å². The number of nitrogens with zero attached hydrogens (tertiary/aromatic N) is 3. The van der Waals surface area contributed by atoms with Gasteiger partial charge in [0.25, 0.3) is 0 Å². The molecule has 0 amide bonds. The van der Waals surface area contributed by atoms with Crippen LogP contribution in [0.2, 0.25) is 0 Å². The van der Waals surface area contributed by atoms with Crippen molar-refractivity contribution in [2.75, 3.05) is 0 Å². The first kappa shape index (κ1) is 85.6. The van der Waals surface area contributed by atoms with E-state index in [2.05, 4.69) is 56.8 Å². The zero-order valence-corrected chi connectivity index (χ0v) is 39.7. The minimum absolute atomic E-state index is 0. The third kappa shape index (κ3) is 46.3. The zero-order valence-electron chi connectivity index (χ0n) is 31.6. The maximum absolute atomic E-state index is 4.28. The van der Waals surface area contributed by atoms with E-state index in [4.69, 9.17) is 0 Å². The van der Waals surface area contributed by atoms with E-state index in [9.17, 15) is 0 Å². The van der Waals surface area contributed by atoms with Crippen molar-refractivity contribution in [2.45, 2.75) is 73.6 Å². The molecule has 0 fully saturated rings. The summed E-state index contributed by atoms with van der Waals surface area (Å²) in [5.74, 6) is 0. The molecule has 0 bridgehead atoms. The van der Waals surface area contributed by atoms with Crippen LogP contribution in [-0.2, 0) is 117 Å². The first-order chi connectivity index (χ1) is 17.6. The van der Waals surface area contributed by atoms with Crippen LogP contribution in [0.15, 0.2) is 72.1 Å². The third-order valence-corrected chi connectivity index (χ3v) is 4.05. The molecule has 0 aromatic carbocycles. The normalized spacial score (nSPS) is 9.11. The maximum Gasteiger partial charge on any atom is 0 e. The fourth-order valence-electron chi connectivity index (χ4n) is 2.37. The summed E-state index contributed by atoms with van der Waals surface area (Å²) in [6.45, 7) is 34.4. The summed E-state index contributed by atoms with van der Waals surface area (Å²) in [7, 11) is 0. The molecule has 7 heteroatoms. The Kier molecular flexibility index (Phi) is 125. The fourth-order valence-corrected chi connectivity index (χ4v) is 2.37. The van der Waals surface area contributed by atoms with Crippen molar-refractivity contribution in [1.82, 2.24) is 9.97 Å². The van der Waals surface area contributed by atoms with Gasteiger partial charge in [0.05, 0.1) is 0 Å². The molecule has 0 unspecified atom stereocenters. The molecule has 3 rings (SSSR count). The largest absolute Gasteiger partial charge is 0 e. The van der Waals surface area contributed by atoms with Crippen LogP contribution in [0.4, 0.5) is 0 Å². The molecule has 0 aliphatic carbocycles. The Labute approximate surface area is 357 Å². The van der Waals surface area contributed by atoms with Crippen LogP contribution in [0.3, 0.4) is 0 Å². The summed E-state index contributed by atoms with van der Waals surface area (Å²) in [5, 5.41) is 4.23. The summed E-state index contributed by atoms with van der Waals surface area (Å²) < 4.78 is 0. The first-order valence-electron chi connectivity index (χ1n) is 13.0. The van der Waals surface area contributed by atoms with Crippen LogP contribution in [0, 0.1) is 86.1 Å². The van der Waals surface area contributed by atoms with Gasteiger partial charge in [-0.05, 0) is 24.3 Å². The predicted octanol–water partition coefficient (Wildman–Crippen LogP) is 11.9. The Hall–Kier alpha value is 0.164. The third-order valence-electron chi connectivity index (χ3n) is 4.05. The molecule has 2 aromatic rings. The standard InChI is InChI=1S/2C9H11N.C9H10N.3C2H6.6CH3.3Ru.Y.H/c3*1-3-8-6-5-7-9(4-2)10-8;3*1-2;;;;;;;;;;;/h2*5-7H,1-4H2;3,5-7H,1-2,4H2;3*1-2H3;6*1H3;;;;;/q2*-2;-3;;;;6*-1;;+4;+5;;. The van der Waals surface area contributed by atoms with Crippen LogP contribution in [-0.4, -0.2) is 9.97 Å². The van der Waals surface area contributed by atoms with Crippen LogP contribution < -0.4 is 0 Å². The Balaban J connectivity index is -0.0000000270. The van der Waals surface area contributed by atoms with Gasteiger partial charge in [0.15, 0.2) is 0 Å². The second-order valence-corrected chi connectivity index (χ2v) is 6.25. The fraction of sp³-hybridized carbons (Fsp3) is 0.282. The SMILES string of the molecule is CC.CC.CC.[CH2-]C=C1C=CC=C(C[CH2-])[N-]1.[CH2-]Cc1cccc(C[CH2-])n1.[CH2-]Cc1cccc(C[CH2-])n1.[CH3-].[CH3-].[CH3-].[CH3-].[CH3-].[CH3-].[Ru+4].[Ru+5].[RuH].[Y]. The molecule has 3 nitrogen and oxygen atoms in total. The van der Waals surface area contributed by atoms with Crippen molar-refractivity contribution < 1.29 is 91.1 Å². The molecule has 3 heterocycles. The Morgan fingerprint density at radius 2 is 0.891 bits per heavy atom. The molecule has 2 radical (unpaired) electrons. The molecular weight excluding hydrogens is 903 g/mol. The van der Waals surface area contributed by atoms with E-state index >= 15 is 0 Å². The first-order valence-corrected chi connectivity index (χ1v) is 13.0. The van der Waals surface area contributed by atoms with E-state index < -0.39 is 0 Å². The Morgan fingerprint density at radius 1 is 0.609 bits per heavy atom. The van der Waals surface area contributed by atoms with Crippen molar-refractivity contribution >= 4 is 0 Å². The Morgan fingerprint density at radius 3 is 1.11 bits per heavy atom. The number of hydrogen-bond acceptors (Lipinski definition) is 2. The van der Waals surface area contributed by atoms with E-state index in [0.29, 0.717) is 0 Å². The molecule has 2 aromatic heterocycles. The molecule has 0 N–H and O–H groups in total. The average Bonchev–Trinajstić information content (AvgIpc) is 3.00. The smallest absolute Gasteiger partial charge is 0 e. The van der Waals surface area contributed by atoms with Crippen LogP contribution in [0.5, 0.6) is 0 Å². The molecule has 46 heavy (non-hydrogen) atoms. The summed E-state index contributed by atoms with van der Waals surface area (Å²) in [5.41, 5.74) is 6.10. The van der Waals surface area contributed by atoms with Gasteiger partial charge in [0.1, 0.15) is 0 Å². The van der Waals surface area contributed by atoms with Crippen molar-refractivity contribution in [3.63, 3.8) is 0 Å². The van der Waals surface area contributed by atoms with Gasteiger partial charge in [0.2, 0.25) is 0 Å². The van der Waals surface area contributed by atoms with E-state index in [0.717, 1.165) is 66.3 Å². The number of allylic oxidation sites excluding steroid dienone is 5. The van der Waals surface area contributed by atoms with Crippen LogP contribution >= 0.6 is 0 Å². The second kappa shape index (κ2) is 67.4. The molecular formula is C39H69N3Ru3Y-4. The molecule has 0 saturated heterocycles. The molecule has 0 atom stereocenters. The van der Waals surface area contributed by atoms with Gasteiger partial charge in [-0.15, -0.1) is 25.7 Å². The van der Waals surface area contributed by atoms with Gasteiger partial charge in [-0.1, -0.05) is 65.8 Å². The van der Waals surface area contributed by atoms with Gasteiger partial charge in [-0.2, -0.15) is 12.5 Å². The van der Waals surface area contributed by atoms with Crippen molar-refractivity contribution in [1.29, 1.82) is 0 Å². The van der Waals surface area contributed by atoms with Crippen molar-refractivity contribution in [2.24, 2.45) is 0 Å².